The van der Waals surface area contributed by atoms with Crippen LogP contribution in [0.25, 0.3) is 10.2 Å². The number of hydrogen-bond acceptors (Lipinski definition) is 2. The molecule has 0 aliphatic carbocycles. The molecule has 1 aromatic heterocycles. The highest BCUT2D eigenvalue weighted by molar-refractivity contribution is 9.17. The summed E-state index contributed by atoms with van der Waals surface area (Å²) in [7, 11) is 0. The lowest BCUT2D eigenvalue weighted by Gasteiger charge is -2.12. The molecule has 1 heterocycles. The van der Waals surface area contributed by atoms with Crippen molar-refractivity contribution in [3.8, 4) is 11.8 Å². The molecule has 2 aromatic rings. The molecule has 0 bridgehead atoms. The number of rotatable bonds is 2. The van der Waals surface area contributed by atoms with Gasteiger partial charge in [-0.15, -0.1) is 0 Å². The van der Waals surface area contributed by atoms with Crippen LogP contribution >= 0.6 is 66.7 Å². The molecule has 0 aliphatic heterocycles. The standard InChI is InChI=1S/C13H3Br2Cl3F3N3/c14-10(12(15)18)6-4-24(23-9(6)3-22)11-7(16)1-5(2-8(11)17)13(19,20)21/h1-2,4H/b12-10-. The Balaban J connectivity index is 2.67. The van der Waals surface area contributed by atoms with Crippen LogP contribution in [0.15, 0.2) is 22.3 Å². The number of nitrogens with zero attached hydrogens (tertiary/aromatic N) is 3. The lowest BCUT2D eigenvalue weighted by atomic mass is 10.2. The van der Waals surface area contributed by atoms with Gasteiger partial charge in [-0.25, -0.2) is 4.68 Å². The average molecular weight is 524 g/mol. The number of hydrogen-bond donors (Lipinski definition) is 0. The zero-order valence-electron chi connectivity index (χ0n) is 11.1. The lowest BCUT2D eigenvalue weighted by molar-refractivity contribution is -0.137. The van der Waals surface area contributed by atoms with Crippen molar-refractivity contribution in [2.75, 3.05) is 0 Å². The lowest BCUT2D eigenvalue weighted by Crippen LogP contribution is -2.07. The van der Waals surface area contributed by atoms with Crippen LogP contribution in [0, 0.1) is 11.3 Å². The molecule has 11 heteroatoms. The first-order chi connectivity index (χ1) is 11.1. The maximum absolute atomic E-state index is 12.8. The molecule has 24 heavy (non-hydrogen) atoms. The summed E-state index contributed by atoms with van der Waals surface area (Å²) < 4.78 is 40.0. The van der Waals surface area contributed by atoms with Gasteiger partial charge in [0.05, 0.1) is 24.0 Å². The van der Waals surface area contributed by atoms with E-state index >= 15 is 0 Å². The first-order valence-electron chi connectivity index (χ1n) is 5.83. The molecule has 2 rings (SSSR count). The van der Waals surface area contributed by atoms with Crippen molar-refractivity contribution in [1.82, 2.24) is 9.78 Å². The van der Waals surface area contributed by atoms with Crippen molar-refractivity contribution in [3.05, 3.63) is 49.1 Å². The molecule has 126 valence electrons. The minimum absolute atomic E-state index is 0.0140. The second-order valence-corrected chi connectivity index (χ2v) is 7.54. The molecule has 0 atom stereocenters. The van der Waals surface area contributed by atoms with Gasteiger partial charge in [-0.3, -0.25) is 0 Å². The SMILES string of the molecule is N#Cc1nn(-c2c(Cl)cc(C(F)(F)F)cc2Cl)cc1/C(Br)=C(/Cl)Br. The smallest absolute Gasteiger partial charge is 0.236 e. The van der Waals surface area contributed by atoms with E-state index in [1.807, 2.05) is 6.07 Å². The monoisotopic (exact) mass is 521 g/mol. The third-order valence-electron chi connectivity index (χ3n) is 2.80. The van der Waals surface area contributed by atoms with E-state index in [0.29, 0.717) is 10.0 Å². The van der Waals surface area contributed by atoms with Gasteiger partial charge in [0.25, 0.3) is 0 Å². The van der Waals surface area contributed by atoms with Crippen LogP contribution in [-0.4, -0.2) is 9.78 Å². The second kappa shape index (κ2) is 7.26. The zero-order chi connectivity index (χ0) is 18.2. The molecule has 0 saturated heterocycles. The number of nitriles is 1. The van der Waals surface area contributed by atoms with E-state index in [4.69, 9.17) is 40.1 Å². The summed E-state index contributed by atoms with van der Waals surface area (Å²) in [5.74, 6) is 0. The maximum atomic E-state index is 12.8. The summed E-state index contributed by atoms with van der Waals surface area (Å²) in [4.78, 5) is 0. The molecule has 0 radical (unpaired) electrons. The van der Waals surface area contributed by atoms with Gasteiger partial charge in [0.15, 0.2) is 5.69 Å². The molecule has 0 aliphatic rings. The molecule has 1 aromatic carbocycles. The van der Waals surface area contributed by atoms with Crippen LogP contribution in [0.3, 0.4) is 0 Å². The van der Waals surface area contributed by atoms with Crippen LogP contribution in [0.1, 0.15) is 16.8 Å². The predicted octanol–water partition coefficient (Wildman–Crippen LogP) is 6.72. The number of benzene rings is 1. The summed E-state index contributed by atoms with van der Waals surface area (Å²) in [6.07, 6.45) is -3.22. The fourth-order valence-corrected chi connectivity index (χ4v) is 3.05. The van der Waals surface area contributed by atoms with Gasteiger partial charge in [-0.1, -0.05) is 34.8 Å². The van der Waals surface area contributed by atoms with Gasteiger partial charge < -0.3 is 0 Å². The minimum Gasteiger partial charge on any atom is -0.236 e. The Morgan fingerprint density at radius 3 is 2.17 bits per heavy atom. The van der Waals surface area contributed by atoms with Crippen molar-refractivity contribution in [2.24, 2.45) is 0 Å². The van der Waals surface area contributed by atoms with Gasteiger partial charge >= 0.3 is 6.18 Å². The Kier molecular flexibility index (Phi) is 5.93. The first-order valence-corrected chi connectivity index (χ1v) is 8.55. The van der Waals surface area contributed by atoms with Crippen molar-refractivity contribution >= 4 is 71.1 Å². The summed E-state index contributed by atoms with van der Waals surface area (Å²) in [6.45, 7) is 0. The van der Waals surface area contributed by atoms with E-state index in [-0.39, 0.29) is 25.4 Å². The van der Waals surface area contributed by atoms with Crippen molar-refractivity contribution in [1.29, 1.82) is 5.26 Å². The first kappa shape index (κ1) is 19.6. The Morgan fingerprint density at radius 2 is 1.75 bits per heavy atom. The van der Waals surface area contributed by atoms with Gasteiger partial charge in [0.1, 0.15) is 11.8 Å². The fraction of sp³-hybridized carbons (Fsp3) is 0.0769. The Morgan fingerprint density at radius 1 is 1.21 bits per heavy atom. The Labute approximate surface area is 165 Å². The normalized spacial score (nSPS) is 12.8. The van der Waals surface area contributed by atoms with E-state index in [0.717, 1.165) is 16.8 Å². The number of halogens is 8. The Bertz CT molecular complexity index is 858. The minimum atomic E-state index is -4.59. The van der Waals surface area contributed by atoms with E-state index in [9.17, 15) is 13.2 Å². The largest absolute Gasteiger partial charge is 0.416 e. The summed E-state index contributed by atoms with van der Waals surface area (Å²) in [5, 5.41) is 12.6. The fourth-order valence-electron chi connectivity index (χ4n) is 1.78. The quantitative estimate of drug-likeness (QED) is 0.438. The summed E-state index contributed by atoms with van der Waals surface area (Å²) in [6, 6.07) is 3.32. The highest BCUT2D eigenvalue weighted by atomic mass is 79.9. The van der Waals surface area contributed by atoms with Gasteiger partial charge in [-0.05, 0) is 44.0 Å². The summed E-state index contributed by atoms with van der Waals surface area (Å²) in [5.41, 5.74) is -0.684. The van der Waals surface area contributed by atoms with E-state index in [1.165, 1.54) is 6.20 Å². The number of alkyl halides is 3. The van der Waals surface area contributed by atoms with Crippen LogP contribution in [0.2, 0.25) is 10.0 Å². The van der Waals surface area contributed by atoms with Gasteiger partial charge in [-0.2, -0.15) is 23.5 Å². The van der Waals surface area contributed by atoms with Crippen molar-refractivity contribution in [2.45, 2.75) is 6.18 Å². The summed E-state index contributed by atoms with van der Waals surface area (Å²) >= 11 is 23.9. The Hall–Kier alpha value is -0.720. The molecule has 3 nitrogen and oxygen atoms in total. The van der Waals surface area contributed by atoms with Crippen LogP contribution in [0.4, 0.5) is 13.2 Å². The molecular weight excluding hydrogens is 521 g/mol. The van der Waals surface area contributed by atoms with Crippen LogP contribution in [0.5, 0.6) is 0 Å². The van der Waals surface area contributed by atoms with E-state index in [1.54, 1.807) is 0 Å². The van der Waals surface area contributed by atoms with Crippen LogP contribution in [-0.2, 0) is 6.18 Å². The topological polar surface area (TPSA) is 41.6 Å². The molecule has 0 amide bonds. The van der Waals surface area contributed by atoms with Crippen LogP contribution < -0.4 is 0 Å². The molecule has 0 spiro atoms. The van der Waals surface area contributed by atoms with E-state index in [2.05, 4.69) is 37.0 Å². The van der Waals surface area contributed by atoms with Crippen molar-refractivity contribution in [3.63, 3.8) is 0 Å². The highest BCUT2D eigenvalue weighted by Gasteiger charge is 2.32. The molecular formula is C13H3Br2Cl3F3N3. The predicted molar refractivity (Wildman–Crippen MR) is 93.9 cm³/mol. The molecule has 0 unspecified atom stereocenters. The van der Waals surface area contributed by atoms with E-state index < -0.39 is 11.7 Å². The third-order valence-corrected chi connectivity index (χ3v) is 5.54. The van der Waals surface area contributed by atoms with Crippen molar-refractivity contribution < 1.29 is 13.2 Å². The maximum Gasteiger partial charge on any atom is 0.416 e. The highest BCUT2D eigenvalue weighted by Crippen LogP contribution is 2.39. The third kappa shape index (κ3) is 3.92. The number of aromatic nitrogens is 2. The zero-order valence-corrected chi connectivity index (χ0v) is 16.5. The average Bonchev–Trinajstić information content (AvgIpc) is 2.88. The molecule has 0 N–H and O–H groups in total. The van der Waals surface area contributed by atoms with Gasteiger partial charge in [0.2, 0.25) is 0 Å². The molecule has 0 fully saturated rings. The van der Waals surface area contributed by atoms with Gasteiger partial charge in [0, 0.05) is 11.8 Å². The molecule has 0 saturated carbocycles. The second-order valence-electron chi connectivity index (χ2n) is 4.31.